The zero-order valence-electron chi connectivity index (χ0n) is 12.6. The maximum absolute atomic E-state index is 5.70. The fraction of sp³-hybridized carbons (Fsp3) is 0.643. The fourth-order valence-electron chi connectivity index (χ4n) is 2.42. The lowest BCUT2D eigenvalue weighted by molar-refractivity contribution is 0.0217. The molecule has 114 valence electrons. The highest BCUT2D eigenvalue weighted by molar-refractivity contribution is 5.59. The van der Waals surface area contributed by atoms with Gasteiger partial charge in [0.05, 0.1) is 12.8 Å². The molecule has 0 N–H and O–H groups in total. The fourth-order valence-corrected chi connectivity index (χ4v) is 2.42. The van der Waals surface area contributed by atoms with Crippen LogP contribution in [0.4, 0.5) is 0 Å². The van der Waals surface area contributed by atoms with Crippen molar-refractivity contribution >= 4 is 0 Å². The molecule has 0 bridgehead atoms. The molecule has 0 spiro atoms. The average Bonchev–Trinajstić information content (AvgIpc) is 3.10. The summed E-state index contributed by atoms with van der Waals surface area (Å²) in [5.41, 5.74) is 0.743. The van der Waals surface area contributed by atoms with E-state index in [9.17, 15) is 0 Å². The summed E-state index contributed by atoms with van der Waals surface area (Å²) in [6.07, 6.45) is 2.51. The van der Waals surface area contributed by atoms with Crippen LogP contribution in [0.1, 0.15) is 39.1 Å². The Bertz CT molecular complexity index is 605. The Morgan fingerprint density at radius 1 is 1.43 bits per heavy atom. The number of aryl methyl sites for hydroxylation is 1. The van der Waals surface area contributed by atoms with E-state index in [4.69, 9.17) is 14.0 Å². The van der Waals surface area contributed by atoms with Gasteiger partial charge in [0.1, 0.15) is 11.7 Å². The zero-order chi connectivity index (χ0) is 14.8. The summed E-state index contributed by atoms with van der Waals surface area (Å²) < 4.78 is 18.6. The van der Waals surface area contributed by atoms with E-state index in [1.165, 1.54) is 0 Å². The van der Waals surface area contributed by atoms with E-state index in [-0.39, 0.29) is 12.0 Å². The van der Waals surface area contributed by atoms with Gasteiger partial charge in [-0.05, 0) is 12.8 Å². The van der Waals surface area contributed by atoms with Gasteiger partial charge in [-0.1, -0.05) is 19.0 Å². The van der Waals surface area contributed by atoms with E-state index in [1.807, 2.05) is 11.6 Å². The molecule has 1 atom stereocenters. The molecule has 0 aliphatic carbocycles. The molecule has 7 nitrogen and oxygen atoms in total. The molecule has 0 amide bonds. The smallest absolute Gasteiger partial charge is 0.265 e. The second-order valence-electron chi connectivity index (χ2n) is 5.37. The van der Waals surface area contributed by atoms with Gasteiger partial charge in [0.15, 0.2) is 0 Å². The number of rotatable bonds is 5. The van der Waals surface area contributed by atoms with Crippen LogP contribution in [0, 0.1) is 5.92 Å². The van der Waals surface area contributed by atoms with Crippen LogP contribution < -0.4 is 4.74 Å². The van der Waals surface area contributed by atoms with Crippen molar-refractivity contribution in [2.24, 2.45) is 5.92 Å². The van der Waals surface area contributed by atoms with Gasteiger partial charge < -0.3 is 14.0 Å². The monoisotopic (exact) mass is 292 g/mol. The Kier molecular flexibility index (Phi) is 3.92. The number of fused-ring (bicyclic) bond motifs is 1. The molecule has 0 saturated heterocycles. The van der Waals surface area contributed by atoms with Gasteiger partial charge in [0.2, 0.25) is 11.7 Å². The maximum Gasteiger partial charge on any atom is 0.265 e. The lowest BCUT2D eigenvalue weighted by Gasteiger charge is -2.16. The Balaban J connectivity index is 1.89. The quantitative estimate of drug-likeness (QED) is 0.842. The highest BCUT2D eigenvalue weighted by Crippen LogP contribution is 2.32. The summed E-state index contributed by atoms with van der Waals surface area (Å²) in [5, 5.41) is 8.35. The molecule has 2 aromatic heterocycles. The van der Waals surface area contributed by atoms with Crippen LogP contribution in [-0.4, -0.2) is 33.1 Å². The van der Waals surface area contributed by atoms with Crippen molar-refractivity contribution in [3.8, 4) is 17.3 Å². The number of aromatic nitrogens is 4. The molecule has 1 aliphatic rings. The molecular formula is C14H20N4O3. The number of nitrogens with zero attached hydrogens (tertiary/aromatic N) is 4. The normalized spacial score (nSPS) is 15.8. The first-order valence-electron chi connectivity index (χ1n) is 7.35. The predicted octanol–water partition coefficient (Wildman–Crippen LogP) is 2.45. The Hall–Kier alpha value is -1.89. The third-order valence-electron chi connectivity index (χ3n) is 3.42. The minimum absolute atomic E-state index is 0.167. The average molecular weight is 292 g/mol. The molecule has 0 radical (unpaired) electrons. The molecule has 3 rings (SSSR count). The second-order valence-corrected chi connectivity index (χ2v) is 5.37. The molecule has 1 unspecified atom stereocenters. The summed E-state index contributed by atoms with van der Waals surface area (Å²) in [6, 6.07) is 0. The van der Waals surface area contributed by atoms with Gasteiger partial charge in [-0.2, -0.15) is 10.1 Å². The lowest BCUT2D eigenvalue weighted by atomic mass is 10.1. The van der Waals surface area contributed by atoms with E-state index in [0.29, 0.717) is 30.8 Å². The van der Waals surface area contributed by atoms with Gasteiger partial charge in [0, 0.05) is 19.6 Å². The van der Waals surface area contributed by atoms with E-state index in [2.05, 4.69) is 29.1 Å². The molecule has 7 heteroatoms. The van der Waals surface area contributed by atoms with Crippen LogP contribution >= 0.6 is 0 Å². The van der Waals surface area contributed by atoms with Crippen molar-refractivity contribution in [1.82, 2.24) is 19.9 Å². The summed E-state index contributed by atoms with van der Waals surface area (Å²) in [6.45, 7) is 8.25. The molecule has 1 aliphatic heterocycles. The van der Waals surface area contributed by atoms with Crippen molar-refractivity contribution in [2.75, 3.05) is 13.2 Å². The molecule has 0 fully saturated rings. The summed E-state index contributed by atoms with van der Waals surface area (Å²) in [5.74, 6) is 1.97. The number of hydrogen-bond acceptors (Lipinski definition) is 6. The first-order chi connectivity index (χ1) is 10.2. The van der Waals surface area contributed by atoms with Crippen LogP contribution in [0.2, 0.25) is 0 Å². The first-order valence-corrected chi connectivity index (χ1v) is 7.35. The molecule has 21 heavy (non-hydrogen) atoms. The molecule has 0 saturated carbocycles. The largest absolute Gasteiger partial charge is 0.477 e. The predicted molar refractivity (Wildman–Crippen MR) is 74.8 cm³/mol. The van der Waals surface area contributed by atoms with Crippen LogP contribution in [0.15, 0.2) is 10.7 Å². The van der Waals surface area contributed by atoms with Gasteiger partial charge in [0.25, 0.3) is 5.89 Å². The lowest BCUT2D eigenvalue weighted by Crippen LogP contribution is -2.15. The first kappa shape index (κ1) is 14.1. The van der Waals surface area contributed by atoms with Crippen molar-refractivity contribution in [1.29, 1.82) is 0 Å². The Labute approximate surface area is 123 Å². The van der Waals surface area contributed by atoms with E-state index < -0.39 is 0 Å². The van der Waals surface area contributed by atoms with Gasteiger partial charge in [-0.3, -0.25) is 0 Å². The topological polar surface area (TPSA) is 75.2 Å². The van der Waals surface area contributed by atoms with Crippen molar-refractivity contribution in [2.45, 2.75) is 39.8 Å². The molecular weight excluding hydrogens is 272 g/mol. The third kappa shape index (κ3) is 2.65. The van der Waals surface area contributed by atoms with Crippen LogP contribution in [0.3, 0.4) is 0 Å². The molecule has 2 aromatic rings. The van der Waals surface area contributed by atoms with Gasteiger partial charge in [-0.15, -0.1) is 0 Å². The minimum atomic E-state index is -0.167. The Morgan fingerprint density at radius 3 is 3.05 bits per heavy atom. The zero-order valence-corrected chi connectivity index (χ0v) is 12.6. The number of hydrogen-bond donors (Lipinski definition) is 0. The summed E-state index contributed by atoms with van der Waals surface area (Å²) in [7, 11) is 0. The van der Waals surface area contributed by atoms with Gasteiger partial charge in [-0.25, -0.2) is 4.68 Å². The number of ether oxygens (including phenoxy) is 2. The van der Waals surface area contributed by atoms with Crippen molar-refractivity contribution in [3.05, 3.63) is 12.0 Å². The van der Waals surface area contributed by atoms with Crippen LogP contribution in [0.25, 0.3) is 11.5 Å². The molecule has 0 aromatic carbocycles. The SMILES string of the molecule is CCOC(c1noc(-c2cnn3c2OCCC3)n1)C(C)C. The second kappa shape index (κ2) is 5.85. The maximum atomic E-state index is 5.70. The highest BCUT2D eigenvalue weighted by Gasteiger charge is 2.26. The summed E-state index contributed by atoms with van der Waals surface area (Å²) >= 11 is 0. The highest BCUT2D eigenvalue weighted by atomic mass is 16.5. The van der Waals surface area contributed by atoms with Crippen LogP contribution in [-0.2, 0) is 11.3 Å². The van der Waals surface area contributed by atoms with E-state index in [1.54, 1.807) is 6.20 Å². The minimum Gasteiger partial charge on any atom is -0.477 e. The van der Waals surface area contributed by atoms with Crippen LogP contribution in [0.5, 0.6) is 5.88 Å². The van der Waals surface area contributed by atoms with E-state index >= 15 is 0 Å². The standard InChI is InChI=1S/C14H20N4O3/c1-4-19-11(9(2)3)12-16-13(21-17-12)10-8-15-18-6-5-7-20-14(10)18/h8-9,11H,4-7H2,1-3H3. The van der Waals surface area contributed by atoms with Crippen molar-refractivity contribution < 1.29 is 14.0 Å². The van der Waals surface area contributed by atoms with Crippen molar-refractivity contribution in [3.63, 3.8) is 0 Å². The summed E-state index contributed by atoms with van der Waals surface area (Å²) in [4.78, 5) is 4.46. The van der Waals surface area contributed by atoms with E-state index in [0.717, 1.165) is 18.5 Å². The third-order valence-corrected chi connectivity index (χ3v) is 3.42. The molecule has 3 heterocycles. The van der Waals surface area contributed by atoms with Gasteiger partial charge >= 0.3 is 0 Å². The Morgan fingerprint density at radius 2 is 2.29 bits per heavy atom.